The molecule has 1 aromatic carbocycles. The third-order valence-corrected chi connectivity index (χ3v) is 8.55. The van der Waals surface area contributed by atoms with Gasteiger partial charge in [0.2, 0.25) is 15.9 Å². The molecule has 1 aliphatic heterocycles. The third kappa shape index (κ3) is 6.08. The van der Waals surface area contributed by atoms with E-state index < -0.39 is 33.9 Å². The summed E-state index contributed by atoms with van der Waals surface area (Å²) in [5, 5.41) is 17.4. The molecule has 188 valence electrons. The predicted molar refractivity (Wildman–Crippen MR) is 123 cm³/mol. The van der Waals surface area contributed by atoms with Gasteiger partial charge in [0.15, 0.2) is 5.60 Å². The highest BCUT2D eigenvalue weighted by Gasteiger charge is 2.51. The second-order valence-electron chi connectivity index (χ2n) is 8.23. The zero-order valence-corrected chi connectivity index (χ0v) is 20.2. The number of halogens is 3. The Labute approximate surface area is 200 Å². The average Bonchev–Trinajstić information content (AvgIpc) is 3.31. The van der Waals surface area contributed by atoms with Crippen molar-refractivity contribution in [3.63, 3.8) is 0 Å². The molecule has 13 heteroatoms. The van der Waals surface area contributed by atoms with Crippen molar-refractivity contribution in [3.05, 3.63) is 47.3 Å². The Morgan fingerprint density at radius 2 is 1.94 bits per heavy atom. The topological polar surface area (TPSA) is 111 Å². The second-order valence-corrected chi connectivity index (χ2v) is 11.2. The van der Waals surface area contributed by atoms with Gasteiger partial charge in [-0.2, -0.15) is 13.2 Å². The number of nitrogens with zero attached hydrogens (tertiary/aromatic N) is 1. The summed E-state index contributed by atoms with van der Waals surface area (Å²) in [5.41, 5.74) is -2.88. The Hall–Kier alpha value is -2.19. The molecule has 1 aliphatic rings. The van der Waals surface area contributed by atoms with E-state index in [0.29, 0.717) is 32.2 Å². The van der Waals surface area contributed by atoms with Crippen molar-refractivity contribution in [2.75, 3.05) is 31.5 Å². The summed E-state index contributed by atoms with van der Waals surface area (Å²) >= 11 is 1.08. The van der Waals surface area contributed by atoms with Gasteiger partial charge in [0.1, 0.15) is 4.21 Å². The number of aliphatic hydroxyl groups is 1. The maximum Gasteiger partial charge on any atom is 0.421 e. The highest BCUT2D eigenvalue weighted by molar-refractivity contribution is 7.91. The van der Waals surface area contributed by atoms with Gasteiger partial charge in [0, 0.05) is 31.9 Å². The quantitative estimate of drug-likeness (QED) is 0.403. The van der Waals surface area contributed by atoms with Crippen LogP contribution in [0.1, 0.15) is 19.4 Å². The van der Waals surface area contributed by atoms with Crippen molar-refractivity contribution < 1.29 is 31.5 Å². The molecular weight excluding hydrogens is 493 g/mol. The van der Waals surface area contributed by atoms with Crippen LogP contribution in [-0.2, 0) is 20.4 Å². The molecule has 1 fully saturated rings. The molecular formula is C21H27F3N4O4S2. The number of rotatable bonds is 9. The number of carbonyl (C=O) groups excluding carboxylic acids is 1. The Kier molecular flexibility index (Phi) is 7.92. The summed E-state index contributed by atoms with van der Waals surface area (Å²) in [6.07, 6.45) is -4.84. The first-order valence-electron chi connectivity index (χ1n) is 10.5. The summed E-state index contributed by atoms with van der Waals surface area (Å²) < 4.78 is 67.2. The molecule has 0 spiro atoms. The van der Waals surface area contributed by atoms with E-state index in [9.17, 15) is 31.5 Å². The summed E-state index contributed by atoms with van der Waals surface area (Å²) in [6.45, 7) is 3.74. The molecule has 34 heavy (non-hydrogen) atoms. The minimum atomic E-state index is -4.84. The van der Waals surface area contributed by atoms with Crippen molar-refractivity contribution in [2.24, 2.45) is 0 Å². The van der Waals surface area contributed by atoms with Crippen LogP contribution in [0.25, 0.3) is 0 Å². The minimum absolute atomic E-state index is 0.0207. The third-order valence-electron chi connectivity index (χ3n) is 5.73. The van der Waals surface area contributed by atoms with Gasteiger partial charge in [0.25, 0.3) is 0 Å². The van der Waals surface area contributed by atoms with Gasteiger partial charge in [-0.25, -0.2) is 13.1 Å². The highest BCUT2D eigenvalue weighted by Crippen LogP contribution is 2.38. The zero-order valence-electron chi connectivity index (χ0n) is 18.6. The number of alkyl halides is 3. The number of anilines is 1. The van der Waals surface area contributed by atoms with E-state index in [2.05, 4.69) is 15.4 Å². The standard InChI is InChI=1S/C21H27F3N4O4S2/c1-14-19(29)25-9-10-28(14)13-17(12-26-34(31,32)18-4-3-11-33-18)27-16-7-5-15(6-8-16)20(2,30)21(22,23)24/h3-8,11,14,17,26-27,30H,9-10,12-13H2,1-2H3,(H,25,29)/t14-,17+,20+/m0/s1. The van der Waals surface area contributed by atoms with Crippen LogP contribution in [0, 0.1) is 0 Å². The molecule has 0 saturated carbocycles. The number of nitrogens with one attached hydrogen (secondary N) is 3. The maximum atomic E-state index is 13.1. The van der Waals surface area contributed by atoms with Crippen LogP contribution in [0.4, 0.5) is 18.9 Å². The van der Waals surface area contributed by atoms with Gasteiger partial charge >= 0.3 is 6.18 Å². The van der Waals surface area contributed by atoms with E-state index in [1.165, 1.54) is 30.3 Å². The van der Waals surface area contributed by atoms with Gasteiger partial charge in [-0.1, -0.05) is 18.2 Å². The maximum absolute atomic E-state index is 13.1. The number of carbonyl (C=O) groups is 1. The molecule has 3 atom stereocenters. The van der Waals surface area contributed by atoms with E-state index in [4.69, 9.17) is 0 Å². The molecule has 3 rings (SSSR count). The minimum Gasteiger partial charge on any atom is -0.380 e. The average molecular weight is 521 g/mol. The van der Waals surface area contributed by atoms with E-state index in [-0.39, 0.29) is 22.2 Å². The van der Waals surface area contributed by atoms with Crippen LogP contribution < -0.4 is 15.4 Å². The SMILES string of the molecule is C[C@H]1C(=O)NCCN1C[C@@H](CNS(=O)(=O)c1cccs1)Nc1ccc([C@@](C)(O)C(F)(F)F)cc1. The fourth-order valence-electron chi connectivity index (χ4n) is 3.51. The van der Waals surface area contributed by atoms with Crippen LogP contribution in [-0.4, -0.2) is 68.8 Å². The fraction of sp³-hybridized carbons (Fsp3) is 0.476. The summed E-state index contributed by atoms with van der Waals surface area (Å²) in [5.74, 6) is -0.136. The Balaban J connectivity index is 1.77. The number of benzene rings is 1. The molecule has 8 nitrogen and oxygen atoms in total. The summed E-state index contributed by atoms with van der Waals surface area (Å²) in [4.78, 5) is 13.9. The lowest BCUT2D eigenvalue weighted by Gasteiger charge is -2.35. The molecule has 1 amide bonds. The number of hydrogen-bond acceptors (Lipinski definition) is 7. The first-order valence-corrected chi connectivity index (χ1v) is 12.9. The van der Waals surface area contributed by atoms with Crippen LogP contribution in [0.5, 0.6) is 0 Å². The number of thiophene rings is 1. The van der Waals surface area contributed by atoms with E-state index in [0.717, 1.165) is 11.3 Å². The molecule has 0 bridgehead atoms. The van der Waals surface area contributed by atoms with Crippen molar-refractivity contribution in [2.45, 2.75) is 41.9 Å². The molecule has 1 saturated heterocycles. The van der Waals surface area contributed by atoms with Crippen LogP contribution >= 0.6 is 11.3 Å². The van der Waals surface area contributed by atoms with Crippen molar-refractivity contribution in [1.82, 2.24) is 14.9 Å². The normalized spacial score (nSPS) is 20.4. The molecule has 0 aliphatic carbocycles. The van der Waals surface area contributed by atoms with Crippen molar-refractivity contribution >= 4 is 33.0 Å². The largest absolute Gasteiger partial charge is 0.421 e. The first kappa shape index (κ1) is 26.4. The molecule has 2 aromatic rings. The molecule has 4 N–H and O–H groups in total. The first-order chi connectivity index (χ1) is 15.8. The molecule has 0 radical (unpaired) electrons. The lowest BCUT2D eigenvalue weighted by Crippen LogP contribution is -2.57. The van der Waals surface area contributed by atoms with Crippen molar-refractivity contribution in [3.8, 4) is 0 Å². The Bertz CT molecular complexity index is 1070. The van der Waals surface area contributed by atoms with Gasteiger partial charge in [-0.3, -0.25) is 9.69 Å². The number of amides is 1. The number of hydrogen-bond donors (Lipinski definition) is 4. The van der Waals surface area contributed by atoms with E-state index >= 15 is 0 Å². The molecule has 2 heterocycles. The second kappa shape index (κ2) is 10.2. The van der Waals surface area contributed by atoms with Crippen LogP contribution in [0.15, 0.2) is 46.0 Å². The Morgan fingerprint density at radius 1 is 1.26 bits per heavy atom. The van der Waals surface area contributed by atoms with E-state index in [1.54, 1.807) is 18.4 Å². The summed E-state index contributed by atoms with van der Waals surface area (Å²) in [6, 6.07) is 7.30. The lowest BCUT2D eigenvalue weighted by atomic mass is 9.95. The molecule has 1 aromatic heterocycles. The number of sulfonamides is 1. The van der Waals surface area contributed by atoms with Crippen LogP contribution in [0.3, 0.4) is 0 Å². The monoisotopic (exact) mass is 520 g/mol. The smallest absolute Gasteiger partial charge is 0.380 e. The Morgan fingerprint density at radius 3 is 2.53 bits per heavy atom. The zero-order chi connectivity index (χ0) is 25.1. The van der Waals surface area contributed by atoms with E-state index in [1.807, 2.05) is 4.90 Å². The van der Waals surface area contributed by atoms with Crippen LogP contribution in [0.2, 0.25) is 0 Å². The summed E-state index contributed by atoms with van der Waals surface area (Å²) in [7, 11) is -3.74. The predicted octanol–water partition coefficient (Wildman–Crippen LogP) is 2.10. The lowest BCUT2D eigenvalue weighted by molar-refractivity contribution is -0.258. The molecule has 0 unspecified atom stereocenters. The van der Waals surface area contributed by atoms with Gasteiger partial charge in [-0.15, -0.1) is 11.3 Å². The van der Waals surface area contributed by atoms with Gasteiger partial charge in [0.05, 0.1) is 12.1 Å². The highest BCUT2D eigenvalue weighted by atomic mass is 32.2. The van der Waals surface area contributed by atoms with Crippen molar-refractivity contribution in [1.29, 1.82) is 0 Å². The van der Waals surface area contributed by atoms with Gasteiger partial charge < -0.3 is 15.7 Å². The fourth-order valence-corrected chi connectivity index (χ4v) is 5.63. The number of piperazine rings is 1. The van der Waals surface area contributed by atoms with Gasteiger partial charge in [-0.05, 0) is 43.0 Å².